The van der Waals surface area contributed by atoms with Crippen molar-refractivity contribution in [1.82, 2.24) is 0 Å². The first-order valence-corrected chi connectivity index (χ1v) is 12.5. The van der Waals surface area contributed by atoms with Crippen LogP contribution in [0.5, 0.6) is 0 Å². The summed E-state index contributed by atoms with van der Waals surface area (Å²) in [4.78, 5) is 12.6. The predicted molar refractivity (Wildman–Crippen MR) is 126 cm³/mol. The van der Waals surface area contributed by atoms with E-state index in [-0.39, 0.29) is 18.0 Å². The van der Waals surface area contributed by atoms with Crippen molar-refractivity contribution in [2.45, 2.75) is 102 Å². The monoisotopic (exact) mass is 421 g/mol. The summed E-state index contributed by atoms with van der Waals surface area (Å²) in [7, 11) is 0. The third kappa shape index (κ3) is 7.53. The van der Waals surface area contributed by atoms with E-state index in [9.17, 15) is 4.79 Å². The number of nitriles is 1. The van der Waals surface area contributed by atoms with Crippen LogP contribution < -0.4 is 0 Å². The Balaban J connectivity index is 1.37. The molecule has 0 aliphatic heterocycles. The molecule has 0 bridgehead atoms. The molecule has 3 nitrogen and oxygen atoms in total. The van der Waals surface area contributed by atoms with Crippen molar-refractivity contribution in [1.29, 1.82) is 5.26 Å². The molecule has 0 heterocycles. The molecular weight excluding hydrogens is 382 g/mol. The molecule has 1 aromatic rings. The summed E-state index contributed by atoms with van der Waals surface area (Å²) in [5.41, 5.74) is 2.91. The molecule has 2 aliphatic carbocycles. The van der Waals surface area contributed by atoms with Crippen LogP contribution in [0.1, 0.15) is 101 Å². The second-order valence-corrected chi connectivity index (χ2v) is 9.56. The Morgan fingerprint density at radius 1 is 1.00 bits per heavy atom. The summed E-state index contributed by atoms with van der Waals surface area (Å²) in [5, 5.41) is 8.66. The van der Waals surface area contributed by atoms with E-state index in [1.807, 2.05) is 6.08 Å². The molecule has 2 aliphatic rings. The van der Waals surface area contributed by atoms with Crippen LogP contribution >= 0.6 is 0 Å². The number of rotatable bonds is 9. The summed E-state index contributed by atoms with van der Waals surface area (Å²) in [6.07, 6.45) is 18.0. The maximum absolute atomic E-state index is 12.6. The number of carbonyl (C=O) groups is 1. The maximum atomic E-state index is 12.6. The van der Waals surface area contributed by atoms with Crippen LogP contribution in [0.3, 0.4) is 0 Å². The Labute approximate surface area is 188 Å². The van der Waals surface area contributed by atoms with Gasteiger partial charge in [0.15, 0.2) is 0 Å². The standard InChI is InChI=1S/C28H39NO2/c1-2-3-4-5-7-22-9-13-24(14-10-22)25-17-19-27(20-18-25)31-28(30)26-15-11-23(12-16-26)8-6-21-29/h6,8-10,13-14,23,25-27H,2-5,7,11-12,15-20H2,1H3/b8-6+. The highest BCUT2D eigenvalue weighted by molar-refractivity contribution is 5.72. The molecule has 0 N–H and O–H groups in total. The number of benzene rings is 1. The summed E-state index contributed by atoms with van der Waals surface area (Å²) in [5.74, 6) is 1.11. The van der Waals surface area contributed by atoms with Crippen LogP contribution in [-0.4, -0.2) is 12.1 Å². The first-order chi connectivity index (χ1) is 15.2. The second-order valence-electron chi connectivity index (χ2n) is 9.56. The van der Waals surface area contributed by atoms with Gasteiger partial charge in [-0.2, -0.15) is 5.26 Å². The first-order valence-electron chi connectivity index (χ1n) is 12.5. The van der Waals surface area contributed by atoms with Gasteiger partial charge in [-0.3, -0.25) is 4.79 Å². The topological polar surface area (TPSA) is 50.1 Å². The number of esters is 1. The van der Waals surface area contributed by atoms with E-state index in [0.717, 1.165) is 51.4 Å². The van der Waals surface area contributed by atoms with E-state index >= 15 is 0 Å². The van der Waals surface area contributed by atoms with Crippen LogP contribution in [0.25, 0.3) is 0 Å². The quantitative estimate of drug-likeness (QED) is 0.239. The SMILES string of the molecule is CCCCCCc1ccc(C2CCC(OC(=O)C3CCC(/C=C/C#N)CC3)CC2)cc1. The molecule has 31 heavy (non-hydrogen) atoms. The minimum absolute atomic E-state index is 0.0126. The molecule has 0 unspecified atom stereocenters. The number of aryl methyl sites for hydroxylation is 1. The molecule has 168 valence electrons. The fourth-order valence-electron chi connectivity index (χ4n) is 5.21. The zero-order valence-corrected chi connectivity index (χ0v) is 19.2. The highest BCUT2D eigenvalue weighted by atomic mass is 16.5. The lowest BCUT2D eigenvalue weighted by atomic mass is 9.81. The van der Waals surface area contributed by atoms with Gasteiger partial charge in [0.2, 0.25) is 0 Å². The molecule has 0 aromatic heterocycles. The second kappa shape index (κ2) is 12.7. The third-order valence-corrected chi connectivity index (χ3v) is 7.28. The fraction of sp³-hybridized carbons (Fsp3) is 0.643. The normalized spacial score (nSPS) is 26.5. The van der Waals surface area contributed by atoms with Crippen molar-refractivity contribution >= 4 is 5.97 Å². The molecule has 3 heteroatoms. The lowest BCUT2D eigenvalue weighted by molar-refractivity contribution is -0.157. The Hall–Kier alpha value is -2.08. The molecule has 0 spiro atoms. The van der Waals surface area contributed by atoms with Crippen LogP contribution in [0.4, 0.5) is 0 Å². The number of hydrogen-bond donors (Lipinski definition) is 0. The highest BCUT2D eigenvalue weighted by Gasteiger charge is 2.30. The molecule has 0 atom stereocenters. The molecule has 0 amide bonds. The van der Waals surface area contributed by atoms with Gasteiger partial charge in [0.05, 0.1) is 12.0 Å². The van der Waals surface area contributed by atoms with Gasteiger partial charge in [-0.05, 0) is 87.2 Å². The van der Waals surface area contributed by atoms with Crippen LogP contribution in [0.15, 0.2) is 36.4 Å². The number of carbonyl (C=O) groups excluding carboxylic acids is 1. The number of hydrogen-bond acceptors (Lipinski definition) is 3. The minimum Gasteiger partial charge on any atom is -0.462 e. The van der Waals surface area contributed by atoms with E-state index in [1.165, 1.54) is 43.2 Å². The average molecular weight is 422 g/mol. The summed E-state index contributed by atoms with van der Waals surface area (Å²) in [6.45, 7) is 2.26. The first kappa shape index (κ1) is 23.6. The van der Waals surface area contributed by atoms with Gasteiger partial charge in [-0.25, -0.2) is 0 Å². The number of unbranched alkanes of at least 4 members (excludes halogenated alkanes) is 3. The summed E-state index contributed by atoms with van der Waals surface area (Å²) in [6, 6.07) is 11.3. The third-order valence-electron chi connectivity index (χ3n) is 7.28. The van der Waals surface area contributed by atoms with Crippen LogP contribution in [0, 0.1) is 23.2 Å². The van der Waals surface area contributed by atoms with Gasteiger partial charge in [0.25, 0.3) is 0 Å². The Morgan fingerprint density at radius 3 is 2.35 bits per heavy atom. The average Bonchev–Trinajstić information content (AvgIpc) is 2.82. The Kier molecular flexibility index (Phi) is 9.66. The number of allylic oxidation sites excluding steroid dienone is 2. The molecule has 0 saturated heterocycles. The van der Waals surface area contributed by atoms with Gasteiger partial charge >= 0.3 is 5.97 Å². The largest absolute Gasteiger partial charge is 0.462 e. The molecule has 0 radical (unpaired) electrons. The summed E-state index contributed by atoms with van der Waals surface area (Å²) >= 11 is 0. The van der Waals surface area contributed by atoms with E-state index < -0.39 is 0 Å². The van der Waals surface area contributed by atoms with Gasteiger partial charge in [0.1, 0.15) is 6.10 Å². The summed E-state index contributed by atoms with van der Waals surface area (Å²) < 4.78 is 5.91. The van der Waals surface area contributed by atoms with Gasteiger partial charge in [-0.1, -0.05) is 56.5 Å². The lowest BCUT2D eigenvalue weighted by Gasteiger charge is -2.31. The van der Waals surface area contributed by atoms with Crippen LogP contribution in [0.2, 0.25) is 0 Å². The number of nitrogens with zero attached hydrogens (tertiary/aromatic N) is 1. The van der Waals surface area contributed by atoms with Crippen LogP contribution in [-0.2, 0) is 16.0 Å². The molecule has 1 aromatic carbocycles. The minimum atomic E-state index is 0.0126. The van der Waals surface area contributed by atoms with E-state index in [0.29, 0.717) is 11.8 Å². The van der Waals surface area contributed by atoms with Gasteiger partial charge in [-0.15, -0.1) is 0 Å². The van der Waals surface area contributed by atoms with Crippen molar-refractivity contribution < 1.29 is 9.53 Å². The highest BCUT2D eigenvalue weighted by Crippen LogP contribution is 2.36. The van der Waals surface area contributed by atoms with E-state index in [1.54, 1.807) is 6.08 Å². The van der Waals surface area contributed by atoms with Crippen molar-refractivity contribution in [3.8, 4) is 6.07 Å². The Bertz CT molecular complexity index is 729. The van der Waals surface area contributed by atoms with Crippen molar-refractivity contribution in [2.75, 3.05) is 0 Å². The molecule has 2 fully saturated rings. The zero-order chi connectivity index (χ0) is 21.9. The maximum Gasteiger partial charge on any atom is 0.309 e. The molecule has 3 rings (SSSR count). The van der Waals surface area contributed by atoms with Crippen molar-refractivity contribution in [3.05, 3.63) is 47.5 Å². The van der Waals surface area contributed by atoms with E-state index in [2.05, 4.69) is 37.3 Å². The fourth-order valence-corrected chi connectivity index (χ4v) is 5.21. The lowest BCUT2D eigenvalue weighted by Crippen LogP contribution is -2.29. The number of ether oxygens (including phenoxy) is 1. The van der Waals surface area contributed by atoms with Crippen molar-refractivity contribution in [2.24, 2.45) is 11.8 Å². The zero-order valence-electron chi connectivity index (χ0n) is 19.2. The van der Waals surface area contributed by atoms with E-state index in [4.69, 9.17) is 10.00 Å². The van der Waals surface area contributed by atoms with Gasteiger partial charge in [0, 0.05) is 6.08 Å². The molecular formula is C28H39NO2. The predicted octanol–water partition coefficient (Wildman–Crippen LogP) is 7.26. The van der Waals surface area contributed by atoms with Gasteiger partial charge < -0.3 is 4.74 Å². The van der Waals surface area contributed by atoms with Crippen molar-refractivity contribution in [3.63, 3.8) is 0 Å². The Morgan fingerprint density at radius 2 is 1.71 bits per heavy atom. The smallest absolute Gasteiger partial charge is 0.309 e. The molecule has 2 saturated carbocycles.